The van der Waals surface area contributed by atoms with Crippen LogP contribution in [0.3, 0.4) is 0 Å². The first-order valence-corrected chi connectivity index (χ1v) is 6.86. The molecule has 0 radical (unpaired) electrons. The first kappa shape index (κ1) is 14.9. The van der Waals surface area contributed by atoms with Gasteiger partial charge in [-0.15, -0.1) is 23.2 Å². The summed E-state index contributed by atoms with van der Waals surface area (Å²) in [7, 11) is 0. The molecule has 0 heterocycles. The number of halogens is 2. The lowest BCUT2D eigenvalue weighted by molar-refractivity contribution is 0.252. The van der Waals surface area contributed by atoms with E-state index in [4.69, 9.17) is 23.2 Å². The minimum atomic E-state index is -0.408. The molecule has 0 spiro atoms. The molecule has 0 aliphatic carbocycles. The Morgan fingerprint density at radius 3 is 1.59 bits per heavy atom. The maximum absolute atomic E-state index is 6.69. The van der Waals surface area contributed by atoms with E-state index in [9.17, 15) is 0 Å². The monoisotopic (exact) mass is 272 g/mol. The van der Waals surface area contributed by atoms with Gasteiger partial charge < -0.3 is 0 Å². The smallest absolute Gasteiger partial charge is 0.0503 e. The van der Waals surface area contributed by atoms with E-state index < -0.39 is 9.75 Å². The molecule has 1 aromatic rings. The zero-order chi connectivity index (χ0) is 13.3. The fraction of sp³-hybridized carbons (Fsp3) is 0.600. The molecule has 0 saturated carbocycles. The predicted octanol–water partition coefficient (Wildman–Crippen LogP) is 5.37. The first-order chi connectivity index (χ1) is 7.67. The Labute approximate surface area is 115 Å². The summed E-state index contributed by atoms with van der Waals surface area (Å²) in [6, 6.07) is 10.4. The minimum Gasteiger partial charge on any atom is -0.119 e. The van der Waals surface area contributed by atoms with Crippen LogP contribution in [0, 0.1) is 0 Å². The topological polar surface area (TPSA) is 0 Å². The molecule has 2 heteroatoms. The third-order valence-electron chi connectivity index (χ3n) is 3.83. The average Bonchev–Trinajstić information content (AvgIpc) is 2.16. The molecule has 0 nitrogen and oxygen atoms in total. The second kappa shape index (κ2) is 4.82. The molecule has 0 atom stereocenters. The lowest BCUT2D eigenvalue weighted by Gasteiger charge is -2.51. The Bertz CT molecular complexity index is 341. The van der Waals surface area contributed by atoms with Crippen molar-refractivity contribution >= 4 is 23.2 Å². The molecule has 0 bridgehead atoms. The van der Waals surface area contributed by atoms with Crippen molar-refractivity contribution in [2.75, 3.05) is 0 Å². The quantitative estimate of drug-likeness (QED) is 0.647. The van der Waals surface area contributed by atoms with Crippen molar-refractivity contribution in [3.63, 3.8) is 0 Å². The lowest BCUT2D eigenvalue weighted by Crippen LogP contribution is -2.55. The highest BCUT2D eigenvalue weighted by Gasteiger charge is 2.53. The summed E-state index contributed by atoms with van der Waals surface area (Å²) in [6.45, 7) is 10.4. The fourth-order valence-corrected chi connectivity index (χ4v) is 4.17. The van der Waals surface area contributed by atoms with Crippen LogP contribution >= 0.6 is 23.2 Å². The van der Waals surface area contributed by atoms with Crippen molar-refractivity contribution in [3.05, 3.63) is 35.9 Å². The maximum Gasteiger partial charge on any atom is 0.0503 e. The van der Waals surface area contributed by atoms with Crippen molar-refractivity contribution in [1.29, 1.82) is 0 Å². The van der Waals surface area contributed by atoms with E-state index in [-0.39, 0.29) is 5.41 Å². The third kappa shape index (κ3) is 2.48. The van der Waals surface area contributed by atoms with E-state index in [0.717, 1.165) is 6.42 Å². The largest absolute Gasteiger partial charge is 0.119 e. The highest BCUT2D eigenvalue weighted by molar-refractivity contribution is 6.28. The summed E-state index contributed by atoms with van der Waals surface area (Å²) in [5, 5.41) is 0. The molecular weight excluding hydrogens is 251 g/mol. The molecule has 0 saturated heterocycles. The van der Waals surface area contributed by atoms with Crippen molar-refractivity contribution in [3.8, 4) is 0 Å². The van der Waals surface area contributed by atoms with Gasteiger partial charge >= 0.3 is 0 Å². The summed E-state index contributed by atoms with van der Waals surface area (Å²) < 4.78 is 0. The highest BCUT2D eigenvalue weighted by Crippen LogP contribution is 2.52. The van der Waals surface area contributed by atoms with Crippen molar-refractivity contribution in [1.82, 2.24) is 0 Å². The fourth-order valence-electron chi connectivity index (χ4n) is 3.16. The summed E-state index contributed by atoms with van der Waals surface area (Å²) in [5.41, 5.74) is 0.951. The maximum atomic E-state index is 6.69. The van der Waals surface area contributed by atoms with Gasteiger partial charge in [-0.25, -0.2) is 0 Å². The van der Waals surface area contributed by atoms with Gasteiger partial charge in [0.05, 0.1) is 9.75 Å². The van der Waals surface area contributed by atoms with Crippen LogP contribution in [0.1, 0.15) is 46.6 Å². The molecule has 0 unspecified atom stereocenters. The van der Waals surface area contributed by atoms with Gasteiger partial charge in [-0.3, -0.25) is 0 Å². The van der Waals surface area contributed by atoms with Gasteiger partial charge in [-0.05, 0) is 39.7 Å². The molecule has 1 rings (SSSR count). The first-order valence-electron chi connectivity index (χ1n) is 6.10. The van der Waals surface area contributed by atoms with E-state index in [1.165, 1.54) is 5.56 Å². The van der Waals surface area contributed by atoms with Crippen LogP contribution in [0.15, 0.2) is 30.3 Å². The van der Waals surface area contributed by atoms with Crippen molar-refractivity contribution in [2.45, 2.75) is 56.2 Å². The van der Waals surface area contributed by atoms with Gasteiger partial charge in [0.1, 0.15) is 0 Å². The van der Waals surface area contributed by atoms with Gasteiger partial charge in [-0.2, -0.15) is 0 Å². The summed E-state index contributed by atoms with van der Waals surface area (Å²) in [5.74, 6) is 0. The molecular formula is C15H22Cl2. The zero-order valence-electron chi connectivity index (χ0n) is 11.3. The van der Waals surface area contributed by atoms with Gasteiger partial charge in [-0.1, -0.05) is 37.3 Å². The SMILES string of the molecule is CCC(c1ccccc1)(C(C)(C)Cl)C(C)(C)Cl. The molecule has 0 fully saturated rings. The minimum absolute atomic E-state index is 0.260. The van der Waals surface area contributed by atoms with E-state index in [1.807, 2.05) is 18.2 Å². The van der Waals surface area contributed by atoms with Gasteiger partial charge in [0.15, 0.2) is 0 Å². The van der Waals surface area contributed by atoms with Crippen LogP contribution < -0.4 is 0 Å². The van der Waals surface area contributed by atoms with Crippen molar-refractivity contribution in [2.24, 2.45) is 0 Å². The molecule has 1 aromatic carbocycles. The van der Waals surface area contributed by atoms with E-state index in [0.29, 0.717) is 0 Å². The predicted molar refractivity (Wildman–Crippen MR) is 78.3 cm³/mol. The van der Waals surface area contributed by atoms with Crippen LogP contribution in [0.4, 0.5) is 0 Å². The Balaban J connectivity index is 3.49. The van der Waals surface area contributed by atoms with Crippen LogP contribution in [0.25, 0.3) is 0 Å². The Hall–Kier alpha value is -0.200. The number of alkyl halides is 2. The molecule has 0 amide bonds. The summed E-state index contributed by atoms with van der Waals surface area (Å²) in [6.07, 6.45) is 0.907. The summed E-state index contributed by atoms with van der Waals surface area (Å²) >= 11 is 13.4. The molecule has 96 valence electrons. The number of rotatable bonds is 4. The standard InChI is InChI=1S/C15H22Cl2/c1-6-15(13(2,3)16,14(4,5)17)12-10-8-7-9-11-12/h7-11H,6H2,1-5H3. The lowest BCUT2D eigenvalue weighted by atomic mass is 9.62. The van der Waals surface area contributed by atoms with E-state index >= 15 is 0 Å². The molecule has 0 aliphatic rings. The molecule has 0 aliphatic heterocycles. The highest BCUT2D eigenvalue weighted by atomic mass is 35.5. The second-order valence-corrected chi connectivity index (χ2v) is 7.46. The number of hydrogen-bond donors (Lipinski definition) is 0. The Kier molecular flexibility index (Phi) is 4.21. The number of benzene rings is 1. The van der Waals surface area contributed by atoms with Crippen molar-refractivity contribution < 1.29 is 0 Å². The number of hydrogen-bond acceptors (Lipinski definition) is 0. The van der Waals surface area contributed by atoms with Crippen LogP contribution in [0.2, 0.25) is 0 Å². The Morgan fingerprint density at radius 2 is 1.29 bits per heavy atom. The van der Waals surface area contributed by atoms with E-state index in [2.05, 4.69) is 46.8 Å². The van der Waals surface area contributed by atoms with E-state index in [1.54, 1.807) is 0 Å². The van der Waals surface area contributed by atoms with Crippen LogP contribution in [0.5, 0.6) is 0 Å². The normalized spacial score (nSPS) is 13.8. The summed E-state index contributed by atoms with van der Waals surface area (Å²) in [4.78, 5) is -0.817. The zero-order valence-corrected chi connectivity index (χ0v) is 12.9. The average molecular weight is 273 g/mol. The van der Waals surface area contributed by atoms with Gasteiger partial charge in [0.2, 0.25) is 0 Å². The third-order valence-corrected chi connectivity index (χ3v) is 4.47. The molecule has 0 N–H and O–H groups in total. The molecule has 17 heavy (non-hydrogen) atoms. The van der Waals surface area contributed by atoms with Gasteiger partial charge in [0, 0.05) is 5.41 Å². The van der Waals surface area contributed by atoms with Gasteiger partial charge in [0.25, 0.3) is 0 Å². The second-order valence-electron chi connectivity index (χ2n) is 5.57. The Morgan fingerprint density at radius 1 is 0.882 bits per heavy atom. The van der Waals surface area contributed by atoms with Crippen LogP contribution in [-0.2, 0) is 5.41 Å². The molecule has 0 aromatic heterocycles. The van der Waals surface area contributed by atoms with Crippen LogP contribution in [-0.4, -0.2) is 9.75 Å².